The fourth-order valence-electron chi connectivity index (χ4n) is 1.89. The second-order valence-corrected chi connectivity index (χ2v) is 4.11. The zero-order valence-corrected chi connectivity index (χ0v) is 9.65. The fraction of sp³-hybridized carbons (Fsp3) is 0.636. The van der Waals surface area contributed by atoms with Gasteiger partial charge in [0.1, 0.15) is 6.54 Å². The largest absolute Gasteiger partial charge is 0.340 e. The number of carbonyl (C=O) groups excluding carboxylic acids is 1. The van der Waals surface area contributed by atoms with Crippen LogP contribution in [0.3, 0.4) is 0 Å². The summed E-state index contributed by atoms with van der Waals surface area (Å²) in [7, 11) is 0. The molecule has 0 aromatic carbocycles. The average molecular weight is 222 g/mol. The molecule has 2 heterocycles. The van der Waals surface area contributed by atoms with E-state index in [2.05, 4.69) is 10.4 Å². The van der Waals surface area contributed by atoms with Crippen LogP contribution in [0.5, 0.6) is 0 Å². The van der Waals surface area contributed by atoms with Crippen LogP contribution in [0.1, 0.15) is 12.1 Å². The van der Waals surface area contributed by atoms with E-state index >= 15 is 0 Å². The first-order valence-electron chi connectivity index (χ1n) is 5.74. The van der Waals surface area contributed by atoms with Gasteiger partial charge in [0.25, 0.3) is 0 Å². The van der Waals surface area contributed by atoms with Crippen LogP contribution < -0.4 is 5.32 Å². The Morgan fingerprint density at radius 2 is 2.38 bits per heavy atom. The summed E-state index contributed by atoms with van der Waals surface area (Å²) < 4.78 is 1.75. The van der Waals surface area contributed by atoms with Crippen molar-refractivity contribution < 1.29 is 4.79 Å². The van der Waals surface area contributed by atoms with E-state index in [-0.39, 0.29) is 5.91 Å². The van der Waals surface area contributed by atoms with Gasteiger partial charge < -0.3 is 10.2 Å². The minimum Gasteiger partial charge on any atom is -0.340 e. The van der Waals surface area contributed by atoms with Gasteiger partial charge in [-0.05, 0) is 26.0 Å². The first-order chi connectivity index (χ1) is 7.77. The first kappa shape index (κ1) is 11.1. The summed E-state index contributed by atoms with van der Waals surface area (Å²) >= 11 is 0. The van der Waals surface area contributed by atoms with Crippen molar-refractivity contribution in [2.24, 2.45) is 0 Å². The molecule has 88 valence electrons. The molecule has 5 heteroatoms. The Kier molecular flexibility index (Phi) is 3.56. The predicted octanol–water partition coefficient (Wildman–Crippen LogP) is 0.0134. The third kappa shape index (κ3) is 2.61. The topological polar surface area (TPSA) is 50.2 Å². The van der Waals surface area contributed by atoms with Gasteiger partial charge in [0.05, 0.1) is 0 Å². The summed E-state index contributed by atoms with van der Waals surface area (Å²) in [5.41, 5.74) is 1.03. The molecule has 0 saturated carbocycles. The van der Waals surface area contributed by atoms with Crippen molar-refractivity contribution in [1.82, 2.24) is 20.0 Å². The van der Waals surface area contributed by atoms with E-state index in [9.17, 15) is 4.79 Å². The van der Waals surface area contributed by atoms with Crippen molar-refractivity contribution in [2.75, 3.05) is 26.2 Å². The quantitative estimate of drug-likeness (QED) is 0.767. The molecule has 1 N–H and O–H groups in total. The number of amides is 1. The number of nitrogens with one attached hydrogen (secondary N) is 1. The van der Waals surface area contributed by atoms with Gasteiger partial charge in [0.2, 0.25) is 5.91 Å². The van der Waals surface area contributed by atoms with Crippen LogP contribution in [0, 0.1) is 6.92 Å². The summed E-state index contributed by atoms with van der Waals surface area (Å²) in [5, 5.41) is 7.41. The Hall–Kier alpha value is -1.36. The molecule has 1 fully saturated rings. The third-order valence-electron chi connectivity index (χ3n) is 2.91. The smallest absolute Gasteiger partial charge is 0.244 e. The van der Waals surface area contributed by atoms with Crippen molar-refractivity contribution in [3.8, 4) is 0 Å². The maximum atomic E-state index is 12.0. The van der Waals surface area contributed by atoms with Crippen LogP contribution in [-0.4, -0.2) is 46.8 Å². The van der Waals surface area contributed by atoms with Gasteiger partial charge >= 0.3 is 0 Å². The molecule has 0 radical (unpaired) electrons. The molecule has 1 aromatic heterocycles. The van der Waals surface area contributed by atoms with Crippen LogP contribution in [-0.2, 0) is 11.3 Å². The molecule has 1 aromatic rings. The third-order valence-corrected chi connectivity index (χ3v) is 2.91. The van der Waals surface area contributed by atoms with Gasteiger partial charge in [-0.2, -0.15) is 5.10 Å². The second kappa shape index (κ2) is 5.12. The zero-order valence-electron chi connectivity index (χ0n) is 9.65. The van der Waals surface area contributed by atoms with E-state index in [4.69, 9.17) is 0 Å². The molecule has 1 saturated heterocycles. The molecule has 0 aliphatic carbocycles. The minimum absolute atomic E-state index is 0.163. The van der Waals surface area contributed by atoms with Crippen molar-refractivity contribution in [3.05, 3.63) is 18.0 Å². The fourth-order valence-corrected chi connectivity index (χ4v) is 1.89. The van der Waals surface area contributed by atoms with Gasteiger partial charge in [0, 0.05) is 31.5 Å². The molecule has 0 spiro atoms. The van der Waals surface area contributed by atoms with Gasteiger partial charge in [-0.1, -0.05) is 0 Å². The van der Waals surface area contributed by atoms with E-state index in [1.165, 1.54) is 0 Å². The number of hydrogen-bond donors (Lipinski definition) is 1. The van der Waals surface area contributed by atoms with Crippen molar-refractivity contribution in [1.29, 1.82) is 0 Å². The Balaban J connectivity index is 1.94. The Labute approximate surface area is 95.4 Å². The minimum atomic E-state index is 0.163. The highest BCUT2D eigenvalue weighted by molar-refractivity contribution is 5.76. The summed E-state index contributed by atoms with van der Waals surface area (Å²) in [4.78, 5) is 13.9. The normalized spacial score (nSPS) is 17.2. The molecule has 1 aliphatic rings. The van der Waals surface area contributed by atoms with E-state index in [0.29, 0.717) is 6.54 Å². The summed E-state index contributed by atoms with van der Waals surface area (Å²) in [6.45, 7) is 5.88. The molecule has 1 amide bonds. The number of carbonyl (C=O) groups is 1. The molecule has 1 aliphatic heterocycles. The SMILES string of the molecule is Cc1ccnn1CC(=O)N1CCCNCC1. The van der Waals surface area contributed by atoms with E-state index in [1.54, 1.807) is 10.9 Å². The zero-order chi connectivity index (χ0) is 11.4. The molecule has 0 unspecified atom stereocenters. The lowest BCUT2D eigenvalue weighted by molar-refractivity contribution is -0.131. The lowest BCUT2D eigenvalue weighted by Gasteiger charge is -2.20. The van der Waals surface area contributed by atoms with E-state index in [1.807, 2.05) is 17.9 Å². The van der Waals surface area contributed by atoms with Gasteiger partial charge in [-0.3, -0.25) is 9.48 Å². The Bertz CT molecular complexity index is 353. The highest BCUT2D eigenvalue weighted by Crippen LogP contribution is 2.01. The van der Waals surface area contributed by atoms with Crippen molar-refractivity contribution in [2.45, 2.75) is 19.9 Å². The molecule has 0 atom stereocenters. The highest BCUT2D eigenvalue weighted by atomic mass is 16.2. The van der Waals surface area contributed by atoms with E-state index in [0.717, 1.165) is 38.3 Å². The van der Waals surface area contributed by atoms with Crippen LogP contribution in [0.2, 0.25) is 0 Å². The molecular formula is C11H18N4O. The number of nitrogens with zero attached hydrogens (tertiary/aromatic N) is 3. The van der Waals surface area contributed by atoms with Crippen molar-refractivity contribution in [3.63, 3.8) is 0 Å². The van der Waals surface area contributed by atoms with Crippen molar-refractivity contribution >= 4 is 5.91 Å². The van der Waals surface area contributed by atoms with Gasteiger partial charge in [0.15, 0.2) is 0 Å². The highest BCUT2D eigenvalue weighted by Gasteiger charge is 2.16. The number of aromatic nitrogens is 2. The maximum absolute atomic E-state index is 12.0. The Morgan fingerprint density at radius 3 is 3.12 bits per heavy atom. The lowest BCUT2D eigenvalue weighted by atomic mass is 10.3. The summed E-state index contributed by atoms with van der Waals surface area (Å²) in [6.07, 6.45) is 2.76. The predicted molar refractivity (Wildman–Crippen MR) is 61.0 cm³/mol. The number of hydrogen-bond acceptors (Lipinski definition) is 3. The monoisotopic (exact) mass is 222 g/mol. The molecular weight excluding hydrogens is 204 g/mol. The van der Waals surface area contributed by atoms with Gasteiger partial charge in [-0.25, -0.2) is 0 Å². The molecule has 2 rings (SSSR count). The maximum Gasteiger partial charge on any atom is 0.244 e. The molecule has 16 heavy (non-hydrogen) atoms. The second-order valence-electron chi connectivity index (χ2n) is 4.11. The van der Waals surface area contributed by atoms with Gasteiger partial charge in [-0.15, -0.1) is 0 Å². The average Bonchev–Trinajstić information content (AvgIpc) is 2.57. The number of rotatable bonds is 2. The lowest BCUT2D eigenvalue weighted by Crippen LogP contribution is -2.36. The summed E-state index contributed by atoms with van der Waals surface area (Å²) in [6, 6.07) is 1.91. The first-order valence-corrected chi connectivity index (χ1v) is 5.74. The van der Waals surface area contributed by atoms with Crippen LogP contribution in [0.15, 0.2) is 12.3 Å². The Morgan fingerprint density at radius 1 is 1.50 bits per heavy atom. The van der Waals surface area contributed by atoms with E-state index < -0.39 is 0 Å². The standard InChI is InChI=1S/C11H18N4O/c1-10-3-5-13-15(10)9-11(16)14-7-2-4-12-6-8-14/h3,5,12H,2,4,6-9H2,1H3. The molecule has 5 nitrogen and oxygen atoms in total. The van der Waals surface area contributed by atoms with Crippen LogP contribution in [0.25, 0.3) is 0 Å². The van der Waals surface area contributed by atoms with Crippen LogP contribution >= 0.6 is 0 Å². The summed E-state index contributed by atoms with van der Waals surface area (Å²) in [5.74, 6) is 0.163. The number of aryl methyl sites for hydroxylation is 1. The molecule has 0 bridgehead atoms. The van der Waals surface area contributed by atoms with Crippen LogP contribution in [0.4, 0.5) is 0 Å².